The normalized spacial score (nSPS) is 14.8. The maximum absolute atomic E-state index is 12.6. The zero-order valence-corrected chi connectivity index (χ0v) is 12.4. The molecule has 1 saturated carbocycles. The van der Waals surface area contributed by atoms with Crippen LogP contribution in [-0.2, 0) is 12.7 Å². The first-order valence-electron chi connectivity index (χ1n) is 7.25. The van der Waals surface area contributed by atoms with Gasteiger partial charge >= 0.3 is 6.18 Å². The molecule has 122 valence electrons. The molecule has 23 heavy (non-hydrogen) atoms. The fourth-order valence-corrected chi connectivity index (χ4v) is 2.35. The summed E-state index contributed by atoms with van der Waals surface area (Å²) in [4.78, 5) is 14.1. The van der Waals surface area contributed by atoms with Crippen LogP contribution in [-0.4, -0.2) is 22.0 Å². The Morgan fingerprint density at radius 1 is 1.30 bits per heavy atom. The van der Waals surface area contributed by atoms with Gasteiger partial charge in [0.25, 0.3) is 5.91 Å². The molecule has 1 aromatic carbocycles. The summed E-state index contributed by atoms with van der Waals surface area (Å²) in [6.45, 7) is 1.97. The second-order valence-electron chi connectivity index (χ2n) is 5.69. The molecule has 1 aromatic heterocycles. The SMILES string of the molecule is Cc1cc(C(=O)N(Cc2ccc(C(F)(F)F)cc2)C2CC2)on1. The number of hydrogen-bond donors (Lipinski definition) is 0. The molecule has 0 aliphatic heterocycles. The summed E-state index contributed by atoms with van der Waals surface area (Å²) in [7, 11) is 0. The summed E-state index contributed by atoms with van der Waals surface area (Å²) in [6, 6.07) is 6.53. The third kappa shape index (κ3) is 3.55. The molecule has 0 atom stereocenters. The van der Waals surface area contributed by atoms with E-state index in [4.69, 9.17) is 4.52 Å². The van der Waals surface area contributed by atoms with Crippen molar-refractivity contribution in [3.8, 4) is 0 Å². The fourth-order valence-electron chi connectivity index (χ4n) is 2.35. The van der Waals surface area contributed by atoms with Gasteiger partial charge in [-0.1, -0.05) is 17.3 Å². The quantitative estimate of drug-likeness (QED) is 0.859. The summed E-state index contributed by atoms with van der Waals surface area (Å²) in [6.07, 6.45) is -2.58. The van der Waals surface area contributed by atoms with Crippen molar-refractivity contribution >= 4 is 5.91 Å². The van der Waals surface area contributed by atoms with Gasteiger partial charge in [-0.2, -0.15) is 13.2 Å². The van der Waals surface area contributed by atoms with Crippen LogP contribution in [0.15, 0.2) is 34.9 Å². The minimum absolute atomic E-state index is 0.107. The zero-order chi connectivity index (χ0) is 16.6. The van der Waals surface area contributed by atoms with Crippen LogP contribution in [0.2, 0.25) is 0 Å². The van der Waals surface area contributed by atoms with Crippen LogP contribution in [0.4, 0.5) is 13.2 Å². The van der Waals surface area contributed by atoms with E-state index in [0.717, 1.165) is 25.0 Å². The van der Waals surface area contributed by atoms with Crippen molar-refractivity contribution in [2.75, 3.05) is 0 Å². The topological polar surface area (TPSA) is 46.3 Å². The first kappa shape index (κ1) is 15.6. The Labute approximate surface area is 130 Å². The van der Waals surface area contributed by atoms with Gasteiger partial charge in [-0.25, -0.2) is 0 Å². The van der Waals surface area contributed by atoms with Crippen molar-refractivity contribution in [1.82, 2.24) is 10.1 Å². The Balaban J connectivity index is 1.76. The highest BCUT2D eigenvalue weighted by Crippen LogP contribution is 2.32. The number of benzene rings is 1. The molecule has 1 heterocycles. The van der Waals surface area contributed by atoms with Crippen LogP contribution in [0.5, 0.6) is 0 Å². The third-order valence-electron chi connectivity index (χ3n) is 3.72. The van der Waals surface area contributed by atoms with Gasteiger partial charge in [0.1, 0.15) is 0 Å². The van der Waals surface area contributed by atoms with E-state index in [1.54, 1.807) is 17.9 Å². The highest BCUT2D eigenvalue weighted by atomic mass is 19.4. The molecule has 7 heteroatoms. The van der Waals surface area contributed by atoms with Gasteiger partial charge in [-0.15, -0.1) is 0 Å². The minimum Gasteiger partial charge on any atom is -0.351 e. The second-order valence-corrected chi connectivity index (χ2v) is 5.69. The van der Waals surface area contributed by atoms with Crippen LogP contribution in [0.1, 0.15) is 40.2 Å². The van der Waals surface area contributed by atoms with Crippen LogP contribution < -0.4 is 0 Å². The van der Waals surface area contributed by atoms with Crippen molar-refractivity contribution in [3.05, 3.63) is 52.9 Å². The number of amides is 1. The highest BCUT2D eigenvalue weighted by molar-refractivity contribution is 5.91. The lowest BCUT2D eigenvalue weighted by Gasteiger charge is -2.21. The molecule has 0 radical (unpaired) electrons. The van der Waals surface area contributed by atoms with Gasteiger partial charge in [-0.3, -0.25) is 4.79 Å². The number of aromatic nitrogens is 1. The maximum atomic E-state index is 12.6. The van der Waals surface area contributed by atoms with E-state index in [0.29, 0.717) is 11.3 Å². The number of nitrogens with zero attached hydrogens (tertiary/aromatic N) is 2. The van der Waals surface area contributed by atoms with Gasteiger partial charge in [0.2, 0.25) is 5.76 Å². The zero-order valence-electron chi connectivity index (χ0n) is 12.4. The highest BCUT2D eigenvalue weighted by Gasteiger charge is 2.35. The molecule has 0 N–H and O–H groups in total. The smallest absolute Gasteiger partial charge is 0.351 e. The maximum Gasteiger partial charge on any atom is 0.416 e. The van der Waals surface area contributed by atoms with Crippen LogP contribution in [0.3, 0.4) is 0 Å². The second kappa shape index (κ2) is 5.72. The lowest BCUT2D eigenvalue weighted by Crippen LogP contribution is -2.32. The van der Waals surface area contributed by atoms with Crippen LogP contribution >= 0.6 is 0 Å². The molecule has 0 saturated heterocycles. The Hall–Kier alpha value is -2.31. The van der Waals surface area contributed by atoms with Gasteiger partial charge in [0.15, 0.2) is 0 Å². The van der Waals surface area contributed by atoms with E-state index >= 15 is 0 Å². The average molecular weight is 324 g/mol. The Morgan fingerprint density at radius 2 is 1.96 bits per heavy atom. The molecule has 0 spiro atoms. The molecule has 0 bridgehead atoms. The molecule has 4 nitrogen and oxygen atoms in total. The molecule has 1 aliphatic carbocycles. The minimum atomic E-state index is -4.36. The summed E-state index contributed by atoms with van der Waals surface area (Å²) >= 11 is 0. The van der Waals surface area contributed by atoms with E-state index in [9.17, 15) is 18.0 Å². The Morgan fingerprint density at radius 3 is 2.43 bits per heavy atom. The predicted molar refractivity (Wildman–Crippen MR) is 75.6 cm³/mol. The molecule has 1 aliphatic rings. The number of halogens is 3. The Bertz CT molecular complexity index is 703. The number of rotatable bonds is 4. The van der Waals surface area contributed by atoms with Crippen LogP contribution in [0, 0.1) is 6.92 Å². The molecular formula is C16H15F3N2O2. The molecule has 0 unspecified atom stereocenters. The summed E-state index contributed by atoms with van der Waals surface area (Å²) in [5, 5.41) is 3.70. The van der Waals surface area contributed by atoms with E-state index in [1.165, 1.54) is 12.1 Å². The number of hydrogen-bond acceptors (Lipinski definition) is 3. The monoisotopic (exact) mass is 324 g/mol. The largest absolute Gasteiger partial charge is 0.416 e. The summed E-state index contributed by atoms with van der Waals surface area (Å²) in [5.74, 6) is -0.130. The van der Waals surface area contributed by atoms with Crippen molar-refractivity contribution < 1.29 is 22.5 Å². The number of carbonyl (C=O) groups excluding carboxylic acids is 1. The third-order valence-corrected chi connectivity index (χ3v) is 3.72. The van der Waals surface area contributed by atoms with Crippen molar-refractivity contribution in [2.45, 2.75) is 38.5 Å². The summed E-state index contributed by atoms with van der Waals surface area (Å²) in [5.41, 5.74) is 0.560. The van der Waals surface area contributed by atoms with Crippen molar-refractivity contribution in [3.63, 3.8) is 0 Å². The first-order valence-corrected chi connectivity index (χ1v) is 7.25. The van der Waals surface area contributed by atoms with Crippen molar-refractivity contribution in [1.29, 1.82) is 0 Å². The average Bonchev–Trinajstić information content (AvgIpc) is 3.25. The van der Waals surface area contributed by atoms with E-state index in [1.807, 2.05) is 0 Å². The van der Waals surface area contributed by atoms with E-state index < -0.39 is 11.7 Å². The molecule has 1 fully saturated rings. The fraction of sp³-hybridized carbons (Fsp3) is 0.375. The predicted octanol–water partition coefficient (Wildman–Crippen LogP) is 3.81. The molecular weight excluding hydrogens is 309 g/mol. The van der Waals surface area contributed by atoms with Gasteiger partial charge in [-0.05, 0) is 37.5 Å². The van der Waals surface area contributed by atoms with Gasteiger partial charge in [0, 0.05) is 18.7 Å². The lowest BCUT2D eigenvalue weighted by molar-refractivity contribution is -0.137. The molecule has 1 amide bonds. The van der Waals surface area contributed by atoms with Gasteiger partial charge < -0.3 is 9.42 Å². The van der Waals surface area contributed by atoms with Crippen molar-refractivity contribution in [2.24, 2.45) is 0 Å². The Kier molecular flexibility index (Phi) is 3.87. The van der Waals surface area contributed by atoms with E-state index in [-0.39, 0.29) is 24.3 Å². The molecule has 3 rings (SSSR count). The van der Waals surface area contributed by atoms with Gasteiger partial charge in [0.05, 0.1) is 11.3 Å². The van der Waals surface area contributed by atoms with Crippen LogP contribution in [0.25, 0.3) is 0 Å². The first-order chi connectivity index (χ1) is 10.8. The summed E-state index contributed by atoms with van der Waals surface area (Å²) < 4.78 is 42.8. The molecule has 2 aromatic rings. The van der Waals surface area contributed by atoms with E-state index in [2.05, 4.69) is 5.16 Å². The number of aryl methyl sites for hydroxylation is 1. The number of carbonyl (C=O) groups is 1. The number of alkyl halides is 3. The lowest BCUT2D eigenvalue weighted by atomic mass is 10.1. The standard InChI is InChI=1S/C16H15F3N2O2/c1-10-8-14(23-20-10)15(22)21(13-6-7-13)9-11-2-4-12(5-3-11)16(17,18)19/h2-5,8,13H,6-7,9H2,1H3.